The highest BCUT2D eigenvalue weighted by atomic mass is 35.5. The van der Waals surface area contributed by atoms with Gasteiger partial charge in [0.1, 0.15) is 5.75 Å². The van der Waals surface area contributed by atoms with Gasteiger partial charge < -0.3 is 15.4 Å². The molecule has 0 spiro atoms. The molecule has 1 aliphatic rings. The molecule has 0 aliphatic carbocycles. The number of nitrogens with two attached hydrogens (primary N) is 1. The lowest BCUT2D eigenvalue weighted by Crippen LogP contribution is -2.38. The van der Waals surface area contributed by atoms with Crippen molar-refractivity contribution in [2.45, 2.75) is 19.0 Å². The highest BCUT2D eigenvalue weighted by molar-refractivity contribution is 5.96. The summed E-state index contributed by atoms with van der Waals surface area (Å²) >= 11 is 0. The fraction of sp³-hybridized carbons (Fsp3) is 0.278. The number of anilines is 2. The third-order valence-electron chi connectivity index (χ3n) is 4.11. The summed E-state index contributed by atoms with van der Waals surface area (Å²) in [4.78, 5) is 14.0. The smallest absolute Gasteiger partial charge is 0.416 e. The van der Waals surface area contributed by atoms with Crippen LogP contribution in [-0.2, 0) is 17.4 Å². The van der Waals surface area contributed by atoms with Crippen LogP contribution in [0.3, 0.4) is 0 Å². The van der Waals surface area contributed by atoms with Crippen LogP contribution in [0.2, 0.25) is 0 Å². The molecule has 0 unspecified atom stereocenters. The van der Waals surface area contributed by atoms with Crippen molar-refractivity contribution in [1.29, 1.82) is 0 Å². The number of alkyl halides is 3. The van der Waals surface area contributed by atoms with Crippen LogP contribution in [0.5, 0.6) is 5.75 Å². The van der Waals surface area contributed by atoms with Crippen LogP contribution in [0, 0.1) is 0 Å². The van der Waals surface area contributed by atoms with Crippen molar-refractivity contribution in [2.75, 3.05) is 23.8 Å². The van der Waals surface area contributed by atoms with Gasteiger partial charge in [0.25, 0.3) is 5.91 Å². The van der Waals surface area contributed by atoms with E-state index in [1.54, 1.807) is 17.0 Å². The first-order chi connectivity index (χ1) is 11.9. The standard InChI is InChI=1S/C18H17F3N2O2.ClH/c19-18(20,21)12-4-1-5-13(10-12)25-11-17(24)23-9-3-6-14-15(22)7-2-8-16(14)23;/h1-2,4-5,7-8,10H,3,6,9,11,22H2;1H. The van der Waals surface area contributed by atoms with Crippen molar-refractivity contribution in [2.24, 2.45) is 0 Å². The molecule has 0 fully saturated rings. The van der Waals surface area contributed by atoms with Gasteiger partial charge in [-0.15, -0.1) is 12.4 Å². The van der Waals surface area contributed by atoms with Crippen LogP contribution in [-0.4, -0.2) is 19.1 Å². The molecular formula is C18H18ClF3N2O2. The number of ether oxygens (including phenoxy) is 1. The van der Waals surface area contributed by atoms with Gasteiger partial charge in [0, 0.05) is 17.9 Å². The monoisotopic (exact) mass is 386 g/mol. The lowest BCUT2D eigenvalue weighted by molar-refractivity contribution is -0.137. The van der Waals surface area contributed by atoms with Gasteiger partial charge >= 0.3 is 6.18 Å². The average Bonchev–Trinajstić information content (AvgIpc) is 2.59. The number of nitrogen functional groups attached to an aromatic ring is 1. The molecule has 140 valence electrons. The number of halogens is 4. The molecule has 0 bridgehead atoms. The molecule has 4 nitrogen and oxygen atoms in total. The van der Waals surface area contributed by atoms with E-state index >= 15 is 0 Å². The number of nitrogens with zero attached hydrogens (tertiary/aromatic N) is 1. The first kappa shape index (κ1) is 19.9. The van der Waals surface area contributed by atoms with E-state index in [1.165, 1.54) is 12.1 Å². The van der Waals surface area contributed by atoms with Gasteiger partial charge in [-0.25, -0.2) is 0 Å². The summed E-state index contributed by atoms with van der Waals surface area (Å²) in [7, 11) is 0. The second-order valence-electron chi connectivity index (χ2n) is 5.81. The minimum Gasteiger partial charge on any atom is -0.484 e. The van der Waals surface area contributed by atoms with E-state index in [4.69, 9.17) is 10.5 Å². The van der Waals surface area contributed by atoms with Crippen molar-refractivity contribution in [3.05, 3.63) is 53.6 Å². The number of amides is 1. The van der Waals surface area contributed by atoms with Gasteiger partial charge in [0.05, 0.1) is 5.56 Å². The number of rotatable bonds is 3. The third-order valence-corrected chi connectivity index (χ3v) is 4.11. The lowest BCUT2D eigenvalue weighted by Gasteiger charge is -2.30. The molecule has 3 rings (SSSR count). The Balaban J connectivity index is 0.00000243. The van der Waals surface area contributed by atoms with Crippen molar-refractivity contribution in [1.82, 2.24) is 0 Å². The lowest BCUT2D eigenvalue weighted by atomic mass is 10.00. The van der Waals surface area contributed by atoms with Crippen molar-refractivity contribution in [3.63, 3.8) is 0 Å². The molecule has 2 N–H and O–H groups in total. The third kappa shape index (κ3) is 4.22. The number of carbonyl (C=O) groups excluding carboxylic acids is 1. The van der Waals surface area contributed by atoms with Gasteiger partial charge in [-0.3, -0.25) is 4.79 Å². The highest BCUT2D eigenvalue weighted by Gasteiger charge is 2.31. The van der Waals surface area contributed by atoms with Crippen molar-refractivity contribution >= 4 is 29.7 Å². The van der Waals surface area contributed by atoms with E-state index in [0.29, 0.717) is 12.2 Å². The Morgan fingerprint density at radius 3 is 2.65 bits per heavy atom. The van der Waals surface area contributed by atoms with Crippen LogP contribution in [0.15, 0.2) is 42.5 Å². The first-order valence-electron chi connectivity index (χ1n) is 7.84. The Labute approximate surface area is 155 Å². The molecule has 0 saturated carbocycles. The topological polar surface area (TPSA) is 55.6 Å². The minimum atomic E-state index is -4.45. The van der Waals surface area contributed by atoms with E-state index in [-0.39, 0.29) is 30.7 Å². The molecule has 26 heavy (non-hydrogen) atoms. The maximum atomic E-state index is 12.7. The predicted molar refractivity (Wildman–Crippen MR) is 95.7 cm³/mol. The number of benzene rings is 2. The van der Waals surface area contributed by atoms with Crippen LogP contribution < -0.4 is 15.4 Å². The predicted octanol–water partition coefficient (Wildman–Crippen LogP) is 4.07. The van der Waals surface area contributed by atoms with E-state index in [1.807, 2.05) is 6.07 Å². The maximum Gasteiger partial charge on any atom is 0.416 e. The molecule has 1 aliphatic heterocycles. The van der Waals surface area contributed by atoms with Gasteiger partial charge in [-0.05, 0) is 48.7 Å². The quantitative estimate of drug-likeness (QED) is 0.809. The fourth-order valence-electron chi connectivity index (χ4n) is 2.90. The van der Waals surface area contributed by atoms with Gasteiger partial charge in [-0.2, -0.15) is 13.2 Å². The van der Waals surface area contributed by atoms with Gasteiger partial charge in [0.15, 0.2) is 6.61 Å². The summed E-state index contributed by atoms with van der Waals surface area (Å²) in [6.07, 6.45) is -2.89. The van der Waals surface area contributed by atoms with Crippen LogP contribution in [0.25, 0.3) is 0 Å². The summed E-state index contributed by atoms with van der Waals surface area (Å²) in [5, 5.41) is 0. The summed E-state index contributed by atoms with van der Waals surface area (Å²) in [6.45, 7) is 0.191. The zero-order valence-electron chi connectivity index (χ0n) is 13.8. The maximum absolute atomic E-state index is 12.7. The molecule has 2 aromatic rings. The number of hydrogen-bond donors (Lipinski definition) is 1. The van der Waals surface area contributed by atoms with Crippen molar-refractivity contribution < 1.29 is 22.7 Å². The Kier molecular flexibility index (Phi) is 6.02. The minimum absolute atomic E-state index is 0. The van der Waals surface area contributed by atoms with E-state index in [2.05, 4.69) is 0 Å². The van der Waals surface area contributed by atoms with E-state index < -0.39 is 11.7 Å². The van der Waals surface area contributed by atoms with Crippen molar-refractivity contribution in [3.8, 4) is 5.75 Å². The molecule has 0 atom stereocenters. The van der Waals surface area contributed by atoms with Crippen LogP contribution >= 0.6 is 12.4 Å². The Bertz CT molecular complexity index is 796. The molecule has 0 saturated heterocycles. The highest BCUT2D eigenvalue weighted by Crippen LogP contribution is 2.32. The molecule has 1 heterocycles. The zero-order chi connectivity index (χ0) is 18.0. The molecule has 0 aromatic heterocycles. The summed E-state index contributed by atoms with van der Waals surface area (Å²) in [5.74, 6) is -0.308. The first-order valence-corrected chi connectivity index (χ1v) is 7.84. The normalized spacial score (nSPS) is 13.6. The summed E-state index contributed by atoms with van der Waals surface area (Å²) < 4.78 is 43.4. The SMILES string of the molecule is Cl.Nc1cccc2c1CCCN2C(=O)COc1cccc(C(F)(F)F)c1. The Morgan fingerprint density at radius 1 is 1.19 bits per heavy atom. The average molecular weight is 387 g/mol. The van der Waals surface area contributed by atoms with Crippen LogP contribution in [0.4, 0.5) is 24.5 Å². The van der Waals surface area contributed by atoms with E-state index in [9.17, 15) is 18.0 Å². The number of fused-ring (bicyclic) bond motifs is 1. The van der Waals surface area contributed by atoms with E-state index in [0.717, 1.165) is 36.2 Å². The Morgan fingerprint density at radius 2 is 1.92 bits per heavy atom. The second-order valence-corrected chi connectivity index (χ2v) is 5.81. The molecular weight excluding hydrogens is 369 g/mol. The Hall–Kier alpha value is -2.41. The van der Waals surface area contributed by atoms with Gasteiger partial charge in [0.2, 0.25) is 0 Å². The van der Waals surface area contributed by atoms with Crippen LogP contribution in [0.1, 0.15) is 17.5 Å². The molecule has 8 heteroatoms. The second kappa shape index (κ2) is 7.86. The molecule has 1 amide bonds. The van der Waals surface area contributed by atoms with Gasteiger partial charge in [-0.1, -0.05) is 12.1 Å². The summed E-state index contributed by atoms with van der Waals surface area (Å²) in [6, 6.07) is 9.85. The molecule has 2 aromatic carbocycles. The number of carbonyl (C=O) groups is 1. The summed E-state index contributed by atoms with van der Waals surface area (Å²) in [5.41, 5.74) is 7.43. The molecule has 0 radical (unpaired) electrons. The largest absolute Gasteiger partial charge is 0.484 e. The zero-order valence-corrected chi connectivity index (χ0v) is 14.6. The fourth-order valence-corrected chi connectivity index (χ4v) is 2.90. The number of hydrogen-bond acceptors (Lipinski definition) is 3.